The molecule has 0 amide bonds. The van der Waals surface area contributed by atoms with E-state index in [1.54, 1.807) is 0 Å². The Balaban J connectivity index is -0.00000103. The first-order valence-electron chi connectivity index (χ1n) is 14.5. The molecule has 0 aromatic heterocycles. The van der Waals surface area contributed by atoms with E-state index >= 15 is 0 Å². The molecule has 0 saturated carbocycles. The van der Waals surface area contributed by atoms with Crippen molar-refractivity contribution < 1.29 is 29.0 Å². The molecule has 0 aromatic rings. The van der Waals surface area contributed by atoms with Crippen LogP contribution < -0.4 is 0 Å². The fourth-order valence-corrected chi connectivity index (χ4v) is 3.90. The molecule has 212 valence electrons. The van der Waals surface area contributed by atoms with Gasteiger partial charge in [0.05, 0.1) is 26.1 Å². The van der Waals surface area contributed by atoms with Crippen molar-refractivity contribution in [2.24, 2.45) is 0 Å². The van der Waals surface area contributed by atoms with Gasteiger partial charge in [0, 0.05) is 0 Å². The number of esters is 2. The molecular formula is C29H58Na2O6. The number of hydrogen-bond donors (Lipinski definition) is 1. The monoisotopic (exact) mass is 548 g/mol. The van der Waals surface area contributed by atoms with Crippen molar-refractivity contribution >= 4 is 77.5 Å². The fourth-order valence-electron chi connectivity index (χ4n) is 3.90. The molecule has 1 N–H and O–H groups in total. The predicted molar refractivity (Wildman–Crippen MR) is 158 cm³/mol. The number of carbonyl (C=O) groups excluding carboxylic acids is 2. The molecule has 0 fully saturated rings. The first-order valence-corrected chi connectivity index (χ1v) is 14.5. The summed E-state index contributed by atoms with van der Waals surface area (Å²) in [6, 6.07) is 0. The quantitative estimate of drug-likeness (QED) is 0.0566. The van der Waals surface area contributed by atoms with Gasteiger partial charge in [-0.25, -0.2) is 0 Å². The Hall–Kier alpha value is 0.410. The first kappa shape index (κ1) is 44.4. The Morgan fingerprint density at radius 2 is 0.730 bits per heavy atom. The summed E-state index contributed by atoms with van der Waals surface area (Å²) >= 11 is 0. The topological polar surface area (TPSA) is 89.9 Å². The van der Waals surface area contributed by atoms with Crippen LogP contribution in [0.5, 0.6) is 0 Å². The van der Waals surface area contributed by atoms with Crippen molar-refractivity contribution in [3.63, 3.8) is 0 Å². The fraction of sp³-hybridized carbons (Fsp3) is 0.897. The van der Waals surface area contributed by atoms with Crippen molar-refractivity contribution in [3.8, 4) is 0 Å². The van der Waals surface area contributed by atoms with Crippen LogP contribution >= 0.6 is 0 Å². The van der Waals surface area contributed by atoms with E-state index in [0.717, 1.165) is 25.7 Å². The standard InChI is InChI=1S/C28H54O4.CH2O2.2Na.2H/c1-3-5-7-9-11-13-15-17-19-21-25-31-27(29)23-24-28(30)32-26-22-20-18-16-14-12-10-8-6-4-2;2-1-3;;;;/h3-26H2,1-2H3;1H,(H,2,3);;;;. The first-order chi connectivity index (χ1) is 17.1. The normalized spacial score (nSPS) is 9.78. The molecule has 0 aliphatic rings. The minimum atomic E-state index is -0.281. The number of carbonyl (C=O) groups is 3. The zero-order valence-corrected chi connectivity index (χ0v) is 23.0. The number of ether oxygens (including phenoxy) is 2. The molecule has 0 spiro atoms. The van der Waals surface area contributed by atoms with Gasteiger partial charge in [0.1, 0.15) is 0 Å². The summed E-state index contributed by atoms with van der Waals surface area (Å²) in [5, 5.41) is 6.89. The second-order valence-electron chi connectivity index (χ2n) is 9.41. The summed E-state index contributed by atoms with van der Waals surface area (Å²) in [6.45, 7) is 5.20. The van der Waals surface area contributed by atoms with Crippen LogP contribution in [0.1, 0.15) is 155 Å². The van der Waals surface area contributed by atoms with E-state index in [1.165, 1.54) is 103 Å². The Kier molecular flexibility index (Phi) is 49.1. The molecule has 0 rings (SSSR count). The second kappa shape index (κ2) is 40.9. The molecule has 0 atom stereocenters. The van der Waals surface area contributed by atoms with Crippen molar-refractivity contribution in [2.45, 2.75) is 155 Å². The second-order valence-corrected chi connectivity index (χ2v) is 9.41. The number of carboxylic acid groups (broad SMARTS) is 1. The van der Waals surface area contributed by atoms with Gasteiger partial charge < -0.3 is 14.6 Å². The molecular weight excluding hydrogens is 490 g/mol. The number of hydrogen-bond acceptors (Lipinski definition) is 5. The van der Waals surface area contributed by atoms with Gasteiger partial charge in [0.15, 0.2) is 0 Å². The molecule has 0 heterocycles. The van der Waals surface area contributed by atoms with Crippen LogP contribution in [-0.2, 0) is 23.9 Å². The number of rotatable bonds is 25. The minimum absolute atomic E-state index is 0. The molecule has 0 saturated heterocycles. The SMILES string of the molecule is CCCCCCCCCCCCOC(=O)CCC(=O)OCCCCCCCCCCCC.O=CO.[NaH].[NaH]. The summed E-state index contributed by atoms with van der Waals surface area (Å²) in [4.78, 5) is 31.8. The number of unbranched alkanes of at least 4 members (excludes halogenated alkanes) is 18. The molecule has 0 aromatic carbocycles. The van der Waals surface area contributed by atoms with E-state index in [-0.39, 0.29) is 90.4 Å². The zero-order valence-electron chi connectivity index (χ0n) is 23.0. The van der Waals surface area contributed by atoms with Crippen LogP contribution in [0.4, 0.5) is 0 Å². The van der Waals surface area contributed by atoms with Gasteiger partial charge >= 0.3 is 71.1 Å². The van der Waals surface area contributed by atoms with Gasteiger partial charge in [-0.05, 0) is 12.8 Å². The van der Waals surface area contributed by atoms with E-state index in [1.807, 2.05) is 0 Å². The van der Waals surface area contributed by atoms with Crippen molar-refractivity contribution in [1.29, 1.82) is 0 Å². The average Bonchev–Trinajstić information content (AvgIpc) is 2.85. The van der Waals surface area contributed by atoms with Crippen LogP contribution in [0.3, 0.4) is 0 Å². The van der Waals surface area contributed by atoms with Gasteiger partial charge in [0.2, 0.25) is 0 Å². The van der Waals surface area contributed by atoms with Crippen molar-refractivity contribution in [2.75, 3.05) is 13.2 Å². The van der Waals surface area contributed by atoms with Crippen LogP contribution in [0.2, 0.25) is 0 Å². The summed E-state index contributed by atoms with van der Waals surface area (Å²) in [7, 11) is 0. The van der Waals surface area contributed by atoms with Gasteiger partial charge in [-0.1, -0.05) is 129 Å². The van der Waals surface area contributed by atoms with Crippen molar-refractivity contribution in [3.05, 3.63) is 0 Å². The van der Waals surface area contributed by atoms with E-state index in [9.17, 15) is 9.59 Å². The summed E-state index contributed by atoms with van der Waals surface area (Å²) < 4.78 is 10.5. The summed E-state index contributed by atoms with van der Waals surface area (Å²) in [6.07, 6.45) is 25.5. The maximum atomic E-state index is 11.7. The van der Waals surface area contributed by atoms with E-state index in [2.05, 4.69) is 13.8 Å². The van der Waals surface area contributed by atoms with E-state index in [0.29, 0.717) is 13.2 Å². The van der Waals surface area contributed by atoms with Crippen molar-refractivity contribution in [1.82, 2.24) is 0 Å². The predicted octanol–water partition coefficient (Wildman–Crippen LogP) is 7.10. The van der Waals surface area contributed by atoms with Gasteiger partial charge in [-0.2, -0.15) is 0 Å². The van der Waals surface area contributed by atoms with Gasteiger partial charge in [-0.3, -0.25) is 14.4 Å². The Morgan fingerprint density at radius 1 is 0.514 bits per heavy atom. The third kappa shape index (κ3) is 43.7. The molecule has 8 heteroatoms. The summed E-state index contributed by atoms with van der Waals surface area (Å²) in [5.74, 6) is -0.561. The summed E-state index contributed by atoms with van der Waals surface area (Å²) in [5.41, 5.74) is 0. The van der Waals surface area contributed by atoms with Crippen LogP contribution in [0.25, 0.3) is 0 Å². The molecule has 6 nitrogen and oxygen atoms in total. The Morgan fingerprint density at radius 3 is 0.973 bits per heavy atom. The Bertz CT molecular complexity index is 426. The van der Waals surface area contributed by atoms with Crippen LogP contribution in [-0.4, -0.2) is 95.8 Å². The van der Waals surface area contributed by atoms with Crippen LogP contribution in [0.15, 0.2) is 0 Å². The maximum absolute atomic E-state index is 11.7. The molecule has 0 radical (unpaired) electrons. The third-order valence-corrected chi connectivity index (χ3v) is 6.06. The molecule has 0 unspecified atom stereocenters. The third-order valence-electron chi connectivity index (χ3n) is 6.06. The Labute approximate surface area is 272 Å². The molecule has 0 aliphatic carbocycles. The van der Waals surface area contributed by atoms with Gasteiger partial charge in [0.25, 0.3) is 6.47 Å². The zero-order chi connectivity index (χ0) is 26.2. The van der Waals surface area contributed by atoms with E-state index < -0.39 is 0 Å². The molecule has 0 aliphatic heterocycles. The van der Waals surface area contributed by atoms with Gasteiger partial charge in [-0.15, -0.1) is 0 Å². The van der Waals surface area contributed by atoms with E-state index in [4.69, 9.17) is 19.4 Å². The average molecular weight is 549 g/mol. The molecule has 37 heavy (non-hydrogen) atoms. The molecule has 0 bridgehead atoms. The van der Waals surface area contributed by atoms with Crippen LogP contribution in [0, 0.1) is 0 Å².